The first-order valence-electron chi connectivity index (χ1n) is 7.17. The largest absolute Gasteiger partial charge is 0.496 e. The Balaban J connectivity index is 3.32. The molecule has 1 unspecified atom stereocenters. The Kier molecular flexibility index (Phi) is 5.03. The van der Waals surface area contributed by atoms with Gasteiger partial charge in [0.1, 0.15) is 5.75 Å². The Hall–Kier alpha value is -1.02. The SMILES string of the molecule is CCCC(C)(CN)c1ccc(OC)c(C(C)(C)C)c1. The zero-order valence-electron chi connectivity index (χ0n) is 13.3. The monoisotopic (exact) mass is 263 g/mol. The average Bonchev–Trinajstić information content (AvgIpc) is 2.37. The van der Waals surface area contributed by atoms with E-state index in [2.05, 4.69) is 52.8 Å². The molecule has 0 bridgehead atoms. The molecule has 1 rings (SSSR count). The molecule has 0 heterocycles. The van der Waals surface area contributed by atoms with Crippen LogP contribution < -0.4 is 10.5 Å². The van der Waals surface area contributed by atoms with Gasteiger partial charge in [-0.05, 0) is 29.0 Å². The minimum atomic E-state index is 0.0566. The number of ether oxygens (including phenoxy) is 1. The maximum absolute atomic E-state index is 6.02. The summed E-state index contributed by atoms with van der Waals surface area (Å²) in [6, 6.07) is 6.53. The molecule has 0 aliphatic heterocycles. The molecule has 0 saturated heterocycles. The van der Waals surface area contributed by atoms with Gasteiger partial charge in [0.05, 0.1) is 7.11 Å². The molecule has 0 aliphatic rings. The molecule has 0 aromatic heterocycles. The van der Waals surface area contributed by atoms with Crippen molar-refractivity contribution in [2.75, 3.05) is 13.7 Å². The minimum absolute atomic E-state index is 0.0566. The van der Waals surface area contributed by atoms with Crippen LogP contribution in [0.5, 0.6) is 5.75 Å². The Morgan fingerprint density at radius 3 is 2.21 bits per heavy atom. The van der Waals surface area contributed by atoms with E-state index < -0.39 is 0 Å². The number of nitrogens with two attached hydrogens (primary N) is 1. The third-order valence-electron chi connectivity index (χ3n) is 3.96. The summed E-state index contributed by atoms with van der Waals surface area (Å²) in [4.78, 5) is 0. The van der Waals surface area contributed by atoms with Gasteiger partial charge in [-0.2, -0.15) is 0 Å². The Morgan fingerprint density at radius 1 is 1.16 bits per heavy atom. The predicted octanol–water partition coefficient (Wildman–Crippen LogP) is 4.01. The van der Waals surface area contributed by atoms with E-state index in [1.165, 1.54) is 11.1 Å². The topological polar surface area (TPSA) is 35.2 Å². The Labute approximate surface area is 118 Å². The van der Waals surface area contributed by atoms with Crippen molar-refractivity contribution < 1.29 is 4.74 Å². The van der Waals surface area contributed by atoms with E-state index in [0.29, 0.717) is 6.54 Å². The van der Waals surface area contributed by atoms with Crippen molar-refractivity contribution in [3.05, 3.63) is 29.3 Å². The fourth-order valence-electron chi connectivity index (χ4n) is 2.59. The molecule has 19 heavy (non-hydrogen) atoms. The lowest BCUT2D eigenvalue weighted by molar-refractivity contribution is 0.394. The second kappa shape index (κ2) is 5.96. The quantitative estimate of drug-likeness (QED) is 0.871. The van der Waals surface area contributed by atoms with Crippen LogP contribution in [0, 0.1) is 0 Å². The summed E-state index contributed by atoms with van der Waals surface area (Å²) in [6.07, 6.45) is 2.25. The molecule has 1 aromatic carbocycles. The summed E-state index contributed by atoms with van der Waals surface area (Å²) >= 11 is 0. The van der Waals surface area contributed by atoms with Crippen molar-refractivity contribution in [1.29, 1.82) is 0 Å². The van der Waals surface area contributed by atoms with Gasteiger partial charge in [-0.15, -0.1) is 0 Å². The van der Waals surface area contributed by atoms with Crippen LogP contribution in [0.3, 0.4) is 0 Å². The minimum Gasteiger partial charge on any atom is -0.496 e. The van der Waals surface area contributed by atoms with Gasteiger partial charge in [0.25, 0.3) is 0 Å². The van der Waals surface area contributed by atoms with E-state index in [4.69, 9.17) is 10.5 Å². The number of methoxy groups -OCH3 is 1. The maximum atomic E-state index is 6.02. The third-order valence-corrected chi connectivity index (χ3v) is 3.96. The highest BCUT2D eigenvalue weighted by molar-refractivity contribution is 5.44. The number of hydrogen-bond donors (Lipinski definition) is 1. The molecule has 0 radical (unpaired) electrons. The summed E-state index contributed by atoms with van der Waals surface area (Å²) in [7, 11) is 1.73. The van der Waals surface area contributed by atoms with E-state index in [-0.39, 0.29) is 10.8 Å². The molecule has 108 valence electrons. The van der Waals surface area contributed by atoms with Gasteiger partial charge in [-0.1, -0.05) is 53.2 Å². The zero-order valence-corrected chi connectivity index (χ0v) is 13.3. The van der Waals surface area contributed by atoms with Crippen LogP contribution in [0.4, 0.5) is 0 Å². The van der Waals surface area contributed by atoms with Crippen LogP contribution in [0.15, 0.2) is 18.2 Å². The van der Waals surface area contributed by atoms with Crippen LogP contribution in [0.2, 0.25) is 0 Å². The molecule has 0 aliphatic carbocycles. The van der Waals surface area contributed by atoms with E-state index >= 15 is 0 Å². The van der Waals surface area contributed by atoms with Crippen LogP contribution in [0.1, 0.15) is 58.6 Å². The van der Waals surface area contributed by atoms with Crippen molar-refractivity contribution in [2.45, 2.75) is 58.3 Å². The first-order chi connectivity index (χ1) is 8.78. The number of hydrogen-bond acceptors (Lipinski definition) is 2. The highest BCUT2D eigenvalue weighted by atomic mass is 16.5. The van der Waals surface area contributed by atoms with Crippen LogP contribution in [-0.4, -0.2) is 13.7 Å². The predicted molar refractivity (Wildman–Crippen MR) is 83.0 cm³/mol. The van der Waals surface area contributed by atoms with E-state index in [9.17, 15) is 0 Å². The molecular weight excluding hydrogens is 234 g/mol. The van der Waals surface area contributed by atoms with Crippen LogP contribution in [0.25, 0.3) is 0 Å². The van der Waals surface area contributed by atoms with Gasteiger partial charge in [0, 0.05) is 12.0 Å². The lowest BCUT2D eigenvalue weighted by Gasteiger charge is -2.31. The molecule has 2 N–H and O–H groups in total. The second-order valence-corrected chi connectivity index (χ2v) is 6.68. The van der Waals surface area contributed by atoms with Crippen molar-refractivity contribution in [3.63, 3.8) is 0 Å². The summed E-state index contributed by atoms with van der Waals surface area (Å²) in [5.41, 5.74) is 8.73. The summed E-state index contributed by atoms with van der Waals surface area (Å²) in [6.45, 7) is 11.8. The number of benzene rings is 1. The molecule has 1 aromatic rings. The zero-order chi connectivity index (χ0) is 14.7. The van der Waals surface area contributed by atoms with Crippen molar-refractivity contribution in [2.24, 2.45) is 5.73 Å². The van der Waals surface area contributed by atoms with Gasteiger partial charge < -0.3 is 10.5 Å². The fraction of sp³-hybridized carbons (Fsp3) is 0.647. The van der Waals surface area contributed by atoms with Gasteiger partial charge in [0.2, 0.25) is 0 Å². The van der Waals surface area contributed by atoms with Crippen LogP contribution in [-0.2, 0) is 10.8 Å². The van der Waals surface area contributed by atoms with E-state index in [0.717, 1.165) is 18.6 Å². The maximum Gasteiger partial charge on any atom is 0.122 e. The molecular formula is C17H29NO. The summed E-state index contributed by atoms with van der Waals surface area (Å²) in [5, 5.41) is 0. The normalized spacial score (nSPS) is 15.1. The number of rotatable bonds is 5. The first kappa shape index (κ1) is 16.0. The Bertz CT molecular complexity index is 420. The fourth-order valence-corrected chi connectivity index (χ4v) is 2.59. The first-order valence-corrected chi connectivity index (χ1v) is 7.17. The molecule has 1 atom stereocenters. The smallest absolute Gasteiger partial charge is 0.122 e. The molecule has 0 fully saturated rings. The lowest BCUT2D eigenvalue weighted by atomic mass is 9.76. The van der Waals surface area contributed by atoms with Crippen molar-refractivity contribution >= 4 is 0 Å². The van der Waals surface area contributed by atoms with Crippen LogP contribution >= 0.6 is 0 Å². The van der Waals surface area contributed by atoms with E-state index in [1.807, 2.05) is 0 Å². The summed E-state index contributed by atoms with van der Waals surface area (Å²) in [5.74, 6) is 0.965. The van der Waals surface area contributed by atoms with Gasteiger partial charge in [-0.3, -0.25) is 0 Å². The average molecular weight is 263 g/mol. The van der Waals surface area contributed by atoms with E-state index in [1.54, 1.807) is 7.11 Å². The van der Waals surface area contributed by atoms with Gasteiger partial charge in [-0.25, -0.2) is 0 Å². The van der Waals surface area contributed by atoms with Gasteiger partial charge in [0.15, 0.2) is 0 Å². The lowest BCUT2D eigenvalue weighted by Crippen LogP contribution is -2.32. The van der Waals surface area contributed by atoms with Crippen molar-refractivity contribution in [1.82, 2.24) is 0 Å². The molecule has 0 amide bonds. The van der Waals surface area contributed by atoms with Crippen molar-refractivity contribution in [3.8, 4) is 5.75 Å². The Morgan fingerprint density at radius 2 is 1.79 bits per heavy atom. The summed E-state index contributed by atoms with van der Waals surface area (Å²) < 4.78 is 5.50. The molecule has 2 heteroatoms. The molecule has 2 nitrogen and oxygen atoms in total. The van der Waals surface area contributed by atoms with Gasteiger partial charge >= 0.3 is 0 Å². The molecule has 0 spiro atoms. The third kappa shape index (κ3) is 3.50. The molecule has 0 saturated carbocycles. The second-order valence-electron chi connectivity index (χ2n) is 6.68. The highest BCUT2D eigenvalue weighted by Gasteiger charge is 2.27. The highest BCUT2D eigenvalue weighted by Crippen LogP contribution is 2.36. The standard InChI is InChI=1S/C17H29NO/c1-7-10-17(5,12-18)13-8-9-15(19-6)14(11-13)16(2,3)4/h8-9,11H,7,10,12,18H2,1-6H3.